The zero-order valence-electron chi connectivity index (χ0n) is 25.0. The zero-order valence-corrected chi connectivity index (χ0v) is 28.0. The van der Waals surface area contributed by atoms with Gasteiger partial charge in [-0.15, -0.1) is 0 Å². The van der Waals surface area contributed by atoms with E-state index in [1.807, 2.05) is 37.8 Å². The Balaban J connectivity index is 1.24. The van der Waals surface area contributed by atoms with Gasteiger partial charge in [-0.1, -0.05) is 17.7 Å². The summed E-state index contributed by atoms with van der Waals surface area (Å²) in [6, 6.07) is 6.05. The summed E-state index contributed by atoms with van der Waals surface area (Å²) >= 11 is 8.61. The van der Waals surface area contributed by atoms with Gasteiger partial charge in [0, 0.05) is 85.6 Å². The van der Waals surface area contributed by atoms with Crippen LogP contribution in [0.2, 0.25) is 5.02 Å². The molecule has 4 heterocycles. The summed E-state index contributed by atoms with van der Waals surface area (Å²) < 4.78 is 14.2. The Hall–Kier alpha value is -1.89. The number of rotatable bonds is 7. The van der Waals surface area contributed by atoms with Crippen LogP contribution in [-0.2, 0) is 33.8 Å². The minimum atomic E-state index is -0.503. The second-order valence-electron chi connectivity index (χ2n) is 12.6. The Kier molecular flexibility index (Phi) is 10.4. The molecule has 0 atom stereocenters. The highest BCUT2D eigenvalue weighted by Gasteiger charge is 2.32. The summed E-state index contributed by atoms with van der Waals surface area (Å²) in [5.74, 6) is 0.464. The van der Waals surface area contributed by atoms with Gasteiger partial charge >= 0.3 is 6.09 Å². The number of carbonyl (C=O) groups excluding carboxylic acids is 2. The number of halogens is 2. The molecule has 1 aromatic heterocycles. The number of likely N-dealkylation sites (tertiary alicyclic amines) is 1. The molecule has 2 amide bonds. The van der Waals surface area contributed by atoms with Crippen LogP contribution in [0.3, 0.4) is 0 Å². The maximum Gasteiger partial charge on any atom is 0.410 e. The number of amides is 2. The lowest BCUT2D eigenvalue weighted by molar-refractivity contribution is -0.133. The zero-order chi connectivity index (χ0) is 29.9. The van der Waals surface area contributed by atoms with E-state index in [9.17, 15) is 9.59 Å². The van der Waals surface area contributed by atoms with Crippen molar-refractivity contribution < 1.29 is 19.1 Å². The van der Waals surface area contributed by atoms with E-state index in [1.54, 1.807) is 4.90 Å². The monoisotopic (exact) mass is 711 g/mol. The fourth-order valence-electron chi connectivity index (χ4n) is 6.06. The Bertz CT molecular complexity index is 1260. The van der Waals surface area contributed by atoms with Crippen molar-refractivity contribution in [3.8, 4) is 11.3 Å². The first-order chi connectivity index (χ1) is 20.1. The van der Waals surface area contributed by atoms with Gasteiger partial charge < -0.3 is 19.3 Å². The molecule has 42 heavy (non-hydrogen) atoms. The van der Waals surface area contributed by atoms with Crippen LogP contribution in [0.25, 0.3) is 11.3 Å². The standard InChI is InChI=1S/C31H43ClIN5O4/c1-31(2,3)42-30(40)36-12-7-22(8-13-36)19-28(39)37-14-9-27-24(21-37)29(23-5-6-25(32)26(33)20-23)34-38(27)11-4-10-35-15-17-41-18-16-35/h5-6,20,22H,4,7-19,21H2,1-3H3. The minimum Gasteiger partial charge on any atom is -0.444 e. The van der Waals surface area contributed by atoms with Crippen LogP contribution < -0.4 is 0 Å². The number of nitrogens with zero attached hydrogens (tertiary/aromatic N) is 5. The van der Waals surface area contributed by atoms with Crippen molar-refractivity contribution in [3.05, 3.63) is 38.0 Å². The van der Waals surface area contributed by atoms with Gasteiger partial charge in [0.2, 0.25) is 5.91 Å². The lowest BCUT2D eigenvalue weighted by Gasteiger charge is -2.34. The molecule has 11 heteroatoms. The van der Waals surface area contributed by atoms with E-state index >= 15 is 0 Å². The van der Waals surface area contributed by atoms with Gasteiger partial charge in [0.15, 0.2) is 0 Å². The average molecular weight is 712 g/mol. The third-order valence-electron chi connectivity index (χ3n) is 8.36. The number of aromatic nitrogens is 2. The highest BCUT2D eigenvalue weighted by Crippen LogP contribution is 2.33. The van der Waals surface area contributed by atoms with Crippen molar-refractivity contribution in [2.24, 2.45) is 5.92 Å². The molecule has 230 valence electrons. The minimum absolute atomic E-state index is 0.188. The van der Waals surface area contributed by atoms with E-state index < -0.39 is 5.60 Å². The molecule has 3 aliphatic rings. The first-order valence-electron chi connectivity index (χ1n) is 15.2. The Morgan fingerprint density at radius 1 is 1.07 bits per heavy atom. The summed E-state index contributed by atoms with van der Waals surface area (Å²) in [6.07, 6.45) is 3.71. The predicted octanol–water partition coefficient (Wildman–Crippen LogP) is 5.45. The molecule has 0 radical (unpaired) electrons. The number of ether oxygens (including phenoxy) is 2. The lowest BCUT2D eigenvalue weighted by Crippen LogP contribution is -2.43. The molecule has 0 N–H and O–H groups in total. The number of hydrogen-bond acceptors (Lipinski definition) is 6. The topological polar surface area (TPSA) is 80.1 Å². The van der Waals surface area contributed by atoms with Gasteiger partial charge in [0.25, 0.3) is 0 Å². The summed E-state index contributed by atoms with van der Waals surface area (Å²) in [4.78, 5) is 32.2. The van der Waals surface area contributed by atoms with Gasteiger partial charge in [-0.25, -0.2) is 4.79 Å². The van der Waals surface area contributed by atoms with Gasteiger partial charge in [-0.3, -0.25) is 14.4 Å². The van der Waals surface area contributed by atoms with Crippen LogP contribution in [0.4, 0.5) is 4.79 Å². The molecular formula is C31H43ClIN5O4. The number of morpholine rings is 1. The molecule has 9 nitrogen and oxygen atoms in total. The highest BCUT2D eigenvalue weighted by atomic mass is 127. The third kappa shape index (κ3) is 7.98. The van der Waals surface area contributed by atoms with E-state index in [0.29, 0.717) is 32.6 Å². The quantitative estimate of drug-likeness (QED) is 0.356. The number of aryl methyl sites for hydroxylation is 1. The Labute approximate surface area is 268 Å². The normalized spacial score (nSPS) is 18.7. The van der Waals surface area contributed by atoms with Crippen molar-refractivity contribution in [2.45, 2.75) is 71.6 Å². The lowest BCUT2D eigenvalue weighted by atomic mass is 9.92. The van der Waals surface area contributed by atoms with Crippen LogP contribution in [0.1, 0.15) is 57.7 Å². The van der Waals surface area contributed by atoms with E-state index in [0.717, 1.165) is 90.5 Å². The molecular weight excluding hydrogens is 669 g/mol. The van der Waals surface area contributed by atoms with Gasteiger partial charge in [0.1, 0.15) is 5.60 Å². The fraction of sp³-hybridized carbons (Fsp3) is 0.645. The third-order valence-corrected chi connectivity index (χ3v) is 9.90. The molecule has 0 bridgehead atoms. The highest BCUT2D eigenvalue weighted by molar-refractivity contribution is 14.1. The van der Waals surface area contributed by atoms with Crippen molar-refractivity contribution in [1.29, 1.82) is 0 Å². The molecule has 0 aliphatic carbocycles. The van der Waals surface area contributed by atoms with Gasteiger partial charge in [-0.05, 0) is 80.7 Å². The largest absolute Gasteiger partial charge is 0.444 e. The summed E-state index contributed by atoms with van der Waals surface area (Å²) in [7, 11) is 0. The molecule has 0 unspecified atom stereocenters. The van der Waals surface area contributed by atoms with Crippen LogP contribution in [0.5, 0.6) is 0 Å². The first kappa shape index (κ1) is 31.5. The maximum atomic E-state index is 13.5. The number of fused-ring (bicyclic) bond motifs is 1. The van der Waals surface area contributed by atoms with E-state index in [-0.39, 0.29) is 17.9 Å². The molecule has 0 saturated carbocycles. The van der Waals surface area contributed by atoms with Crippen molar-refractivity contribution in [3.63, 3.8) is 0 Å². The Morgan fingerprint density at radius 3 is 2.50 bits per heavy atom. The van der Waals surface area contributed by atoms with Crippen molar-refractivity contribution in [2.75, 3.05) is 52.5 Å². The predicted molar refractivity (Wildman–Crippen MR) is 172 cm³/mol. The molecule has 2 fully saturated rings. The summed E-state index contributed by atoms with van der Waals surface area (Å²) in [5, 5.41) is 5.84. The smallest absolute Gasteiger partial charge is 0.410 e. The number of piperidine rings is 1. The molecule has 5 rings (SSSR count). The maximum absolute atomic E-state index is 13.5. The Morgan fingerprint density at radius 2 is 1.81 bits per heavy atom. The van der Waals surface area contributed by atoms with E-state index in [2.05, 4.69) is 38.2 Å². The SMILES string of the molecule is CC(C)(C)OC(=O)N1CCC(CC(=O)N2CCc3c(c(-c4ccc(Cl)c(I)c4)nn3CCCN3CCOCC3)C2)CC1. The molecule has 0 spiro atoms. The van der Waals surface area contributed by atoms with Crippen molar-refractivity contribution in [1.82, 2.24) is 24.5 Å². The summed E-state index contributed by atoms with van der Waals surface area (Å²) in [6.45, 7) is 13.7. The second-order valence-corrected chi connectivity index (χ2v) is 14.2. The van der Waals surface area contributed by atoms with E-state index in [4.69, 9.17) is 26.2 Å². The van der Waals surface area contributed by atoms with Crippen LogP contribution in [0.15, 0.2) is 18.2 Å². The molecule has 3 aliphatic heterocycles. The van der Waals surface area contributed by atoms with Crippen LogP contribution in [-0.4, -0.2) is 94.6 Å². The van der Waals surface area contributed by atoms with Gasteiger partial charge in [-0.2, -0.15) is 5.10 Å². The van der Waals surface area contributed by atoms with E-state index in [1.165, 1.54) is 5.69 Å². The first-order valence-corrected chi connectivity index (χ1v) is 16.6. The fourth-order valence-corrected chi connectivity index (χ4v) is 6.69. The second kappa shape index (κ2) is 13.8. The van der Waals surface area contributed by atoms with Crippen LogP contribution in [0, 0.1) is 9.49 Å². The van der Waals surface area contributed by atoms with Gasteiger partial charge in [0.05, 0.1) is 23.9 Å². The average Bonchev–Trinajstić information content (AvgIpc) is 3.32. The molecule has 2 aromatic rings. The molecule has 2 saturated heterocycles. The van der Waals surface area contributed by atoms with Crippen LogP contribution >= 0.6 is 34.2 Å². The number of benzene rings is 1. The van der Waals surface area contributed by atoms with Crippen molar-refractivity contribution >= 4 is 46.2 Å². The number of carbonyl (C=O) groups is 2. The molecule has 1 aromatic carbocycles. The number of hydrogen-bond donors (Lipinski definition) is 0. The summed E-state index contributed by atoms with van der Waals surface area (Å²) in [5.41, 5.74) is 3.88.